The zero-order chi connectivity index (χ0) is 20.5. The van der Waals surface area contributed by atoms with E-state index >= 15 is 0 Å². The molecule has 0 bridgehead atoms. The van der Waals surface area contributed by atoms with Gasteiger partial charge in [-0.25, -0.2) is 0 Å². The Balaban J connectivity index is 0.00000320. The van der Waals surface area contributed by atoms with Crippen molar-refractivity contribution in [2.45, 2.75) is 38.6 Å². The van der Waals surface area contributed by atoms with Crippen LogP contribution < -0.4 is 5.32 Å². The third-order valence-corrected chi connectivity index (χ3v) is 5.24. The predicted octanol–water partition coefficient (Wildman–Crippen LogP) is 4.86. The van der Waals surface area contributed by atoms with Crippen molar-refractivity contribution < 1.29 is 9.47 Å². The topological polar surface area (TPSA) is 46.1 Å². The van der Waals surface area contributed by atoms with Crippen molar-refractivity contribution in [3.63, 3.8) is 0 Å². The van der Waals surface area contributed by atoms with Crippen LogP contribution in [-0.2, 0) is 29.2 Å². The molecule has 2 aromatic rings. The van der Waals surface area contributed by atoms with Crippen molar-refractivity contribution in [2.75, 3.05) is 27.3 Å². The van der Waals surface area contributed by atoms with E-state index in [1.807, 2.05) is 25.2 Å². The summed E-state index contributed by atoms with van der Waals surface area (Å²) >= 11 is 6.08. The SMILES string of the molecule is CN=C(NCc1ccc(COC2CCOCC2)cc1)N(C)Cc1cccc(Cl)c1.I. The second-order valence-corrected chi connectivity index (χ2v) is 7.76. The van der Waals surface area contributed by atoms with E-state index in [1.54, 1.807) is 7.05 Å². The van der Waals surface area contributed by atoms with Gasteiger partial charge in [0.1, 0.15) is 0 Å². The zero-order valence-electron chi connectivity index (χ0n) is 17.6. The molecule has 30 heavy (non-hydrogen) atoms. The number of guanidine groups is 1. The molecule has 1 saturated heterocycles. The van der Waals surface area contributed by atoms with Crippen LogP contribution in [0, 0.1) is 0 Å². The van der Waals surface area contributed by atoms with Crippen LogP contribution in [0.25, 0.3) is 0 Å². The Morgan fingerprint density at radius 3 is 2.50 bits per heavy atom. The summed E-state index contributed by atoms with van der Waals surface area (Å²) in [5.41, 5.74) is 3.55. The van der Waals surface area contributed by atoms with Crippen molar-refractivity contribution >= 4 is 41.5 Å². The van der Waals surface area contributed by atoms with E-state index in [0.717, 1.165) is 49.1 Å². The van der Waals surface area contributed by atoms with Crippen molar-refractivity contribution in [1.29, 1.82) is 0 Å². The van der Waals surface area contributed by atoms with Gasteiger partial charge < -0.3 is 19.7 Å². The van der Waals surface area contributed by atoms with E-state index in [0.29, 0.717) is 19.3 Å². The highest BCUT2D eigenvalue weighted by molar-refractivity contribution is 14.0. The predicted molar refractivity (Wildman–Crippen MR) is 134 cm³/mol. The second-order valence-electron chi connectivity index (χ2n) is 7.33. The minimum atomic E-state index is 0. The summed E-state index contributed by atoms with van der Waals surface area (Å²) < 4.78 is 11.4. The van der Waals surface area contributed by atoms with Gasteiger partial charge in [0.25, 0.3) is 0 Å². The smallest absolute Gasteiger partial charge is 0.193 e. The fourth-order valence-electron chi connectivity index (χ4n) is 3.36. The van der Waals surface area contributed by atoms with Gasteiger partial charge in [0.05, 0.1) is 12.7 Å². The molecule has 164 valence electrons. The highest BCUT2D eigenvalue weighted by Crippen LogP contribution is 2.14. The van der Waals surface area contributed by atoms with Crippen LogP contribution in [0.4, 0.5) is 0 Å². The molecular weight excluding hydrogens is 513 g/mol. The van der Waals surface area contributed by atoms with E-state index in [-0.39, 0.29) is 24.0 Å². The summed E-state index contributed by atoms with van der Waals surface area (Å²) in [7, 11) is 3.82. The maximum atomic E-state index is 6.08. The minimum Gasteiger partial charge on any atom is -0.381 e. The zero-order valence-corrected chi connectivity index (χ0v) is 20.7. The molecule has 1 fully saturated rings. The first kappa shape index (κ1) is 24.9. The van der Waals surface area contributed by atoms with Crippen molar-refractivity contribution in [3.05, 3.63) is 70.2 Å². The molecule has 0 spiro atoms. The molecule has 2 aromatic carbocycles. The molecule has 5 nitrogen and oxygen atoms in total. The van der Waals surface area contributed by atoms with Crippen LogP contribution >= 0.6 is 35.6 Å². The number of halogens is 2. The molecular formula is C23H31ClIN3O2. The summed E-state index contributed by atoms with van der Waals surface area (Å²) in [6, 6.07) is 16.4. The summed E-state index contributed by atoms with van der Waals surface area (Å²) in [6.45, 7) is 3.73. The van der Waals surface area contributed by atoms with Gasteiger partial charge in [-0.15, -0.1) is 24.0 Å². The molecule has 1 N–H and O–H groups in total. The monoisotopic (exact) mass is 543 g/mol. The van der Waals surface area contributed by atoms with E-state index in [2.05, 4.69) is 45.5 Å². The van der Waals surface area contributed by atoms with Crippen LogP contribution in [0.15, 0.2) is 53.5 Å². The van der Waals surface area contributed by atoms with Crippen LogP contribution in [-0.4, -0.2) is 44.3 Å². The summed E-state index contributed by atoms with van der Waals surface area (Å²) in [5.74, 6) is 0.844. The fourth-order valence-corrected chi connectivity index (χ4v) is 3.57. The number of rotatable bonds is 7. The highest BCUT2D eigenvalue weighted by Gasteiger charge is 2.14. The molecule has 1 heterocycles. The van der Waals surface area contributed by atoms with Gasteiger partial charge >= 0.3 is 0 Å². The van der Waals surface area contributed by atoms with Gasteiger partial charge in [0.2, 0.25) is 0 Å². The largest absolute Gasteiger partial charge is 0.381 e. The van der Waals surface area contributed by atoms with Gasteiger partial charge in [-0.2, -0.15) is 0 Å². The molecule has 0 saturated carbocycles. The number of hydrogen-bond acceptors (Lipinski definition) is 3. The quantitative estimate of drug-likeness (QED) is 0.308. The highest BCUT2D eigenvalue weighted by atomic mass is 127. The lowest BCUT2D eigenvalue weighted by atomic mass is 10.1. The van der Waals surface area contributed by atoms with E-state index < -0.39 is 0 Å². The Morgan fingerprint density at radius 2 is 1.83 bits per heavy atom. The number of nitrogens with one attached hydrogen (secondary N) is 1. The fraction of sp³-hybridized carbons (Fsp3) is 0.435. The summed E-state index contributed by atoms with van der Waals surface area (Å²) in [6.07, 6.45) is 2.30. The average Bonchev–Trinajstić information content (AvgIpc) is 2.74. The Hall–Kier alpha value is -1.35. The van der Waals surface area contributed by atoms with E-state index in [4.69, 9.17) is 21.1 Å². The molecule has 0 radical (unpaired) electrons. The minimum absolute atomic E-state index is 0. The van der Waals surface area contributed by atoms with E-state index in [1.165, 1.54) is 11.1 Å². The average molecular weight is 544 g/mol. The molecule has 0 unspecified atom stereocenters. The third-order valence-electron chi connectivity index (χ3n) is 5.01. The number of hydrogen-bond donors (Lipinski definition) is 1. The molecule has 1 aliphatic rings. The molecule has 0 aliphatic carbocycles. The van der Waals surface area contributed by atoms with Crippen molar-refractivity contribution in [3.8, 4) is 0 Å². The number of benzene rings is 2. The molecule has 1 aliphatic heterocycles. The van der Waals surface area contributed by atoms with Crippen molar-refractivity contribution in [2.24, 2.45) is 4.99 Å². The summed E-state index contributed by atoms with van der Waals surface area (Å²) in [4.78, 5) is 6.47. The lowest BCUT2D eigenvalue weighted by Crippen LogP contribution is -2.38. The molecule has 0 aromatic heterocycles. The van der Waals surface area contributed by atoms with Gasteiger partial charge in [0, 0.05) is 45.4 Å². The summed E-state index contributed by atoms with van der Waals surface area (Å²) in [5, 5.41) is 4.17. The standard InChI is InChI=1S/C23H30ClN3O2.HI/c1-25-23(27(2)16-20-4-3-5-21(24)14-20)26-15-18-6-8-19(9-7-18)17-29-22-10-12-28-13-11-22;/h3-9,14,22H,10-13,15-17H2,1-2H3,(H,25,26);1H. The van der Waals surface area contributed by atoms with Gasteiger partial charge in [-0.1, -0.05) is 48.0 Å². The lowest BCUT2D eigenvalue weighted by Gasteiger charge is -2.23. The van der Waals surface area contributed by atoms with Crippen LogP contribution in [0.3, 0.4) is 0 Å². The van der Waals surface area contributed by atoms with Gasteiger partial charge in [0.15, 0.2) is 5.96 Å². The molecule has 0 atom stereocenters. The van der Waals surface area contributed by atoms with Gasteiger partial charge in [-0.3, -0.25) is 4.99 Å². The maximum Gasteiger partial charge on any atom is 0.193 e. The number of ether oxygens (including phenoxy) is 2. The Kier molecular flexibility index (Phi) is 10.9. The first-order valence-electron chi connectivity index (χ1n) is 10.1. The molecule has 7 heteroatoms. The van der Waals surface area contributed by atoms with E-state index in [9.17, 15) is 0 Å². The third kappa shape index (κ3) is 8.06. The first-order valence-corrected chi connectivity index (χ1v) is 10.4. The normalized spacial score (nSPS) is 14.8. The Morgan fingerprint density at radius 1 is 1.13 bits per heavy atom. The lowest BCUT2D eigenvalue weighted by molar-refractivity contribution is -0.0390. The van der Waals surface area contributed by atoms with Crippen LogP contribution in [0.1, 0.15) is 29.5 Å². The number of nitrogens with zero attached hydrogens (tertiary/aromatic N) is 2. The van der Waals surface area contributed by atoms with Crippen molar-refractivity contribution in [1.82, 2.24) is 10.2 Å². The first-order chi connectivity index (χ1) is 14.1. The Labute approximate surface area is 201 Å². The molecule has 0 amide bonds. The maximum absolute atomic E-state index is 6.08. The van der Waals surface area contributed by atoms with Crippen LogP contribution in [0.5, 0.6) is 0 Å². The molecule has 3 rings (SSSR count). The Bertz CT molecular complexity index is 795. The number of aliphatic imine (C=N–C) groups is 1. The second kappa shape index (κ2) is 13.1. The van der Waals surface area contributed by atoms with Gasteiger partial charge in [-0.05, 0) is 41.7 Å². The van der Waals surface area contributed by atoms with Crippen LogP contribution in [0.2, 0.25) is 5.02 Å².